The molecule has 0 spiro atoms. The zero-order valence-corrected chi connectivity index (χ0v) is 11.3. The number of carbonyl (C=O) groups is 1. The zero-order valence-electron chi connectivity index (χ0n) is 11.3. The van der Waals surface area contributed by atoms with Crippen LogP contribution in [0.3, 0.4) is 0 Å². The number of nitrogens with two attached hydrogens (primary N) is 1. The quantitative estimate of drug-likeness (QED) is 0.789. The fourth-order valence-electron chi connectivity index (χ4n) is 1.26. The van der Waals surface area contributed by atoms with Crippen LogP contribution in [0.5, 0.6) is 5.75 Å². The molecule has 18 heavy (non-hydrogen) atoms. The minimum Gasteiger partial charge on any atom is -0.493 e. The monoisotopic (exact) mass is 250 g/mol. The normalized spacial score (nSPS) is 11.1. The molecule has 1 aromatic carbocycles. The molecule has 0 aliphatic rings. The molecule has 3 N–H and O–H groups in total. The van der Waals surface area contributed by atoms with Gasteiger partial charge >= 0.3 is 0 Å². The lowest BCUT2D eigenvalue weighted by atomic mass is 9.95. The van der Waals surface area contributed by atoms with Gasteiger partial charge in [0.25, 0.3) is 0 Å². The maximum atomic E-state index is 11.8. The molecule has 0 unspecified atom stereocenters. The molecule has 0 saturated carbocycles. The highest BCUT2D eigenvalue weighted by Crippen LogP contribution is 2.21. The number of benzene rings is 1. The summed E-state index contributed by atoms with van der Waals surface area (Å²) in [6.07, 6.45) is 0.818. The van der Waals surface area contributed by atoms with Crippen LogP contribution in [-0.4, -0.2) is 19.1 Å². The van der Waals surface area contributed by atoms with Crippen molar-refractivity contribution in [3.63, 3.8) is 0 Å². The number of nitrogens with one attached hydrogen (secondary N) is 1. The van der Waals surface area contributed by atoms with E-state index < -0.39 is 5.41 Å². The van der Waals surface area contributed by atoms with Crippen LogP contribution in [-0.2, 0) is 4.79 Å². The van der Waals surface area contributed by atoms with E-state index in [-0.39, 0.29) is 5.91 Å². The van der Waals surface area contributed by atoms with Crippen LogP contribution in [0, 0.1) is 5.41 Å². The Morgan fingerprint density at radius 3 is 2.72 bits per heavy atom. The van der Waals surface area contributed by atoms with Gasteiger partial charge < -0.3 is 15.8 Å². The summed E-state index contributed by atoms with van der Waals surface area (Å²) in [5.41, 5.74) is 5.74. The van der Waals surface area contributed by atoms with Crippen LogP contribution in [0.25, 0.3) is 0 Å². The second-order valence-corrected chi connectivity index (χ2v) is 5.22. The average molecular weight is 250 g/mol. The predicted octanol–water partition coefficient (Wildman–Crippen LogP) is 2.40. The van der Waals surface area contributed by atoms with Crippen molar-refractivity contribution in [3.05, 3.63) is 24.3 Å². The van der Waals surface area contributed by atoms with Gasteiger partial charge in [-0.3, -0.25) is 4.79 Å². The van der Waals surface area contributed by atoms with Gasteiger partial charge in [-0.15, -0.1) is 0 Å². The predicted molar refractivity (Wildman–Crippen MR) is 73.7 cm³/mol. The van der Waals surface area contributed by atoms with Crippen molar-refractivity contribution < 1.29 is 9.53 Å². The SMILES string of the molecule is CC(C)(C)C(=O)Nc1cccc(OCCCN)c1. The molecule has 1 aromatic rings. The van der Waals surface area contributed by atoms with E-state index in [0.717, 1.165) is 17.9 Å². The lowest BCUT2D eigenvalue weighted by Gasteiger charge is -2.18. The first-order chi connectivity index (χ1) is 8.43. The van der Waals surface area contributed by atoms with Crippen molar-refractivity contribution in [1.82, 2.24) is 0 Å². The van der Waals surface area contributed by atoms with E-state index in [1.807, 2.05) is 45.0 Å². The first kappa shape index (κ1) is 14.5. The Morgan fingerprint density at radius 2 is 2.11 bits per heavy atom. The van der Waals surface area contributed by atoms with Gasteiger partial charge in [0.1, 0.15) is 5.75 Å². The molecule has 0 aliphatic heterocycles. The third kappa shape index (κ3) is 4.75. The Morgan fingerprint density at radius 1 is 1.39 bits per heavy atom. The molecule has 4 heteroatoms. The van der Waals surface area contributed by atoms with Gasteiger partial charge in [-0.1, -0.05) is 26.8 Å². The van der Waals surface area contributed by atoms with Crippen LogP contribution in [0.2, 0.25) is 0 Å². The number of anilines is 1. The fourth-order valence-corrected chi connectivity index (χ4v) is 1.26. The van der Waals surface area contributed by atoms with Crippen LogP contribution in [0.15, 0.2) is 24.3 Å². The molecule has 4 nitrogen and oxygen atoms in total. The van der Waals surface area contributed by atoms with Gasteiger partial charge in [-0.25, -0.2) is 0 Å². The number of amides is 1. The number of carbonyl (C=O) groups excluding carboxylic acids is 1. The van der Waals surface area contributed by atoms with Gasteiger partial charge in [0.2, 0.25) is 5.91 Å². The van der Waals surface area contributed by atoms with E-state index in [1.54, 1.807) is 0 Å². The largest absolute Gasteiger partial charge is 0.493 e. The van der Waals surface area contributed by atoms with E-state index in [2.05, 4.69) is 5.32 Å². The topological polar surface area (TPSA) is 64.3 Å². The Kier molecular flexibility index (Phi) is 5.16. The van der Waals surface area contributed by atoms with Crippen molar-refractivity contribution in [2.24, 2.45) is 11.1 Å². The molecule has 1 amide bonds. The number of hydrogen-bond donors (Lipinski definition) is 2. The molecule has 100 valence electrons. The molecule has 0 aliphatic carbocycles. The van der Waals surface area contributed by atoms with E-state index in [4.69, 9.17) is 10.5 Å². The second kappa shape index (κ2) is 6.40. The summed E-state index contributed by atoms with van der Waals surface area (Å²) in [6.45, 7) is 6.84. The summed E-state index contributed by atoms with van der Waals surface area (Å²) < 4.78 is 5.52. The van der Waals surface area contributed by atoms with E-state index in [9.17, 15) is 4.79 Å². The van der Waals surface area contributed by atoms with Gasteiger partial charge in [0.15, 0.2) is 0 Å². The standard InChI is InChI=1S/C14H22N2O2/c1-14(2,3)13(17)16-11-6-4-7-12(10-11)18-9-5-8-15/h4,6-7,10H,5,8-9,15H2,1-3H3,(H,16,17). The van der Waals surface area contributed by atoms with Gasteiger partial charge in [-0.2, -0.15) is 0 Å². The maximum absolute atomic E-state index is 11.8. The van der Waals surface area contributed by atoms with Gasteiger partial charge in [-0.05, 0) is 25.1 Å². The maximum Gasteiger partial charge on any atom is 0.229 e. The molecule has 0 radical (unpaired) electrons. The molecule has 0 atom stereocenters. The number of ether oxygens (including phenoxy) is 1. The number of hydrogen-bond acceptors (Lipinski definition) is 3. The molecular formula is C14H22N2O2. The van der Waals surface area contributed by atoms with Crippen LogP contribution in [0.4, 0.5) is 5.69 Å². The average Bonchev–Trinajstić information content (AvgIpc) is 2.28. The van der Waals surface area contributed by atoms with Crippen LogP contribution < -0.4 is 15.8 Å². The third-order valence-electron chi connectivity index (χ3n) is 2.39. The fraction of sp³-hybridized carbons (Fsp3) is 0.500. The third-order valence-corrected chi connectivity index (χ3v) is 2.39. The van der Waals surface area contributed by atoms with E-state index in [1.165, 1.54) is 0 Å². The summed E-state index contributed by atoms with van der Waals surface area (Å²) in [5.74, 6) is 0.733. The van der Waals surface area contributed by atoms with Crippen LogP contribution in [0.1, 0.15) is 27.2 Å². The summed E-state index contributed by atoms with van der Waals surface area (Å²) in [6, 6.07) is 7.39. The smallest absolute Gasteiger partial charge is 0.229 e. The molecule has 0 aromatic heterocycles. The summed E-state index contributed by atoms with van der Waals surface area (Å²) >= 11 is 0. The lowest BCUT2D eigenvalue weighted by molar-refractivity contribution is -0.123. The van der Waals surface area contributed by atoms with Crippen molar-refractivity contribution in [3.8, 4) is 5.75 Å². The Bertz CT molecular complexity index is 397. The van der Waals surface area contributed by atoms with Crippen molar-refractivity contribution in [1.29, 1.82) is 0 Å². The zero-order chi connectivity index (χ0) is 13.6. The van der Waals surface area contributed by atoms with Crippen LogP contribution >= 0.6 is 0 Å². The summed E-state index contributed by atoms with van der Waals surface area (Å²) in [4.78, 5) is 11.8. The summed E-state index contributed by atoms with van der Waals surface area (Å²) in [5, 5.41) is 2.87. The Hall–Kier alpha value is -1.55. The van der Waals surface area contributed by atoms with E-state index in [0.29, 0.717) is 13.2 Å². The highest BCUT2D eigenvalue weighted by molar-refractivity contribution is 5.94. The van der Waals surface area contributed by atoms with Gasteiger partial charge in [0.05, 0.1) is 6.61 Å². The first-order valence-electron chi connectivity index (χ1n) is 6.18. The van der Waals surface area contributed by atoms with Gasteiger partial charge in [0, 0.05) is 17.2 Å². The van der Waals surface area contributed by atoms with Crippen molar-refractivity contribution in [2.75, 3.05) is 18.5 Å². The summed E-state index contributed by atoms with van der Waals surface area (Å²) in [7, 11) is 0. The highest BCUT2D eigenvalue weighted by Gasteiger charge is 2.21. The molecule has 0 saturated heterocycles. The second-order valence-electron chi connectivity index (χ2n) is 5.22. The molecule has 1 rings (SSSR count). The van der Waals surface area contributed by atoms with Crippen molar-refractivity contribution >= 4 is 11.6 Å². The molecular weight excluding hydrogens is 228 g/mol. The molecule has 0 heterocycles. The Labute approximate surface area is 109 Å². The Balaban J connectivity index is 2.62. The minimum absolute atomic E-state index is 0.0124. The van der Waals surface area contributed by atoms with E-state index >= 15 is 0 Å². The first-order valence-corrected chi connectivity index (χ1v) is 6.18. The highest BCUT2D eigenvalue weighted by atomic mass is 16.5. The molecule has 0 bridgehead atoms. The van der Waals surface area contributed by atoms with Crippen molar-refractivity contribution in [2.45, 2.75) is 27.2 Å². The minimum atomic E-state index is -0.406. The molecule has 0 fully saturated rings. The number of rotatable bonds is 5. The lowest BCUT2D eigenvalue weighted by Crippen LogP contribution is -2.27.